The van der Waals surface area contributed by atoms with Crippen molar-refractivity contribution in [3.05, 3.63) is 11.4 Å². The summed E-state index contributed by atoms with van der Waals surface area (Å²) < 4.78 is 5.77. The van der Waals surface area contributed by atoms with Gasteiger partial charge in [0.1, 0.15) is 10.6 Å². The third-order valence-electron chi connectivity index (χ3n) is 3.69. The monoisotopic (exact) mass is 306 g/mol. The van der Waals surface area contributed by atoms with E-state index >= 15 is 0 Å². The molecule has 1 saturated heterocycles. The summed E-state index contributed by atoms with van der Waals surface area (Å²) in [5, 5.41) is 9.81. The second-order valence-corrected chi connectivity index (χ2v) is 6.16. The summed E-state index contributed by atoms with van der Waals surface area (Å²) in [7, 11) is 0. The summed E-state index contributed by atoms with van der Waals surface area (Å²) in [4.78, 5) is 10.1. The molecule has 0 saturated carbocycles. The van der Waals surface area contributed by atoms with Crippen LogP contribution in [-0.2, 0) is 4.74 Å². The Morgan fingerprint density at radius 1 is 1.33 bits per heavy atom. The second kappa shape index (κ2) is 7.04. The van der Waals surface area contributed by atoms with Crippen LogP contribution >= 0.6 is 11.3 Å². The van der Waals surface area contributed by atoms with E-state index < -0.39 is 0 Å². The molecule has 2 aromatic rings. The van der Waals surface area contributed by atoms with Crippen LogP contribution in [0, 0.1) is 0 Å². The molecule has 0 amide bonds. The highest BCUT2D eigenvalue weighted by molar-refractivity contribution is 7.16. The van der Waals surface area contributed by atoms with Crippen molar-refractivity contribution in [2.75, 3.05) is 30.3 Å². The first-order chi connectivity index (χ1) is 10.4. The normalized spacial score (nSPS) is 18.8. The average molecular weight is 306 g/mol. The van der Waals surface area contributed by atoms with Gasteiger partial charge >= 0.3 is 0 Å². The number of ether oxygens (including phenoxy) is 1. The van der Waals surface area contributed by atoms with Crippen molar-refractivity contribution in [3.8, 4) is 0 Å². The molecule has 0 spiro atoms. The first kappa shape index (κ1) is 14.5. The molecule has 1 atom stereocenters. The van der Waals surface area contributed by atoms with Gasteiger partial charge in [0, 0.05) is 19.7 Å². The predicted molar refractivity (Wildman–Crippen MR) is 88.3 cm³/mol. The van der Waals surface area contributed by atoms with Gasteiger partial charge in [0.05, 0.1) is 11.5 Å². The molecule has 6 heteroatoms. The molecule has 114 valence electrons. The smallest absolute Gasteiger partial charge is 0.226 e. The largest absolute Gasteiger partial charge is 0.378 e. The van der Waals surface area contributed by atoms with Crippen LogP contribution in [0.2, 0.25) is 0 Å². The lowest BCUT2D eigenvalue weighted by Gasteiger charge is -2.22. The van der Waals surface area contributed by atoms with E-state index in [-0.39, 0.29) is 0 Å². The van der Waals surface area contributed by atoms with Crippen LogP contribution in [0.3, 0.4) is 0 Å². The van der Waals surface area contributed by atoms with Crippen molar-refractivity contribution in [2.24, 2.45) is 0 Å². The van der Waals surface area contributed by atoms with Crippen LogP contribution in [0.1, 0.15) is 32.6 Å². The molecular weight excluding hydrogens is 284 g/mol. The van der Waals surface area contributed by atoms with Crippen molar-refractivity contribution in [3.63, 3.8) is 0 Å². The third kappa shape index (κ3) is 3.63. The van der Waals surface area contributed by atoms with Gasteiger partial charge in [-0.1, -0.05) is 0 Å². The number of thiophene rings is 1. The lowest BCUT2D eigenvalue weighted by Crippen LogP contribution is -2.22. The van der Waals surface area contributed by atoms with Crippen LogP contribution in [0.15, 0.2) is 11.4 Å². The van der Waals surface area contributed by atoms with E-state index in [0.717, 1.165) is 42.2 Å². The van der Waals surface area contributed by atoms with Crippen molar-refractivity contribution in [2.45, 2.75) is 38.7 Å². The zero-order chi connectivity index (χ0) is 14.5. The van der Waals surface area contributed by atoms with Crippen molar-refractivity contribution < 1.29 is 4.74 Å². The Morgan fingerprint density at radius 3 is 3.10 bits per heavy atom. The van der Waals surface area contributed by atoms with Gasteiger partial charge in [-0.05, 0) is 44.1 Å². The maximum atomic E-state index is 5.77. The molecule has 0 bridgehead atoms. The molecular formula is C15H22N4OS. The summed E-state index contributed by atoms with van der Waals surface area (Å²) in [6.45, 7) is 4.68. The fourth-order valence-corrected chi connectivity index (χ4v) is 3.38. The number of nitrogens with one attached hydrogen (secondary N) is 2. The molecule has 21 heavy (non-hydrogen) atoms. The molecule has 1 aliphatic rings. The number of anilines is 2. The van der Waals surface area contributed by atoms with Gasteiger partial charge in [-0.15, -0.1) is 11.3 Å². The van der Waals surface area contributed by atoms with Crippen LogP contribution in [-0.4, -0.2) is 35.8 Å². The summed E-state index contributed by atoms with van der Waals surface area (Å²) in [5.41, 5.74) is 0. The first-order valence-electron chi connectivity index (χ1n) is 7.71. The Labute approximate surface area is 129 Å². The Bertz CT molecular complexity index is 580. The van der Waals surface area contributed by atoms with Gasteiger partial charge in [-0.3, -0.25) is 0 Å². The lowest BCUT2D eigenvalue weighted by molar-refractivity contribution is 0.0134. The van der Waals surface area contributed by atoms with E-state index in [1.165, 1.54) is 19.3 Å². The SMILES string of the molecule is CCNc1nc(NCCC2CCCCO2)c2ccsc2n1. The van der Waals surface area contributed by atoms with Crippen molar-refractivity contribution in [1.82, 2.24) is 9.97 Å². The van der Waals surface area contributed by atoms with Crippen LogP contribution < -0.4 is 10.6 Å². The van der Waals surface area contributed by atoms with E-state index in [2.05, 4.69) is 39.0 Å². The second-order valence-electron chi connectivity index (χ2n) is 5.27. The maximum Gasteiger partial charge on any atom is 0.226 e. The third-order valence-corrected chi connectivity index (χ3v) is 4.50. The van der Waals surface area contributed by atoms with Crippen LogP contribution in [0.5, 0.6) is 0 Å². The van der Waals surface area contributed by atoms with Crippen LogP contribution in [0.4, 0.5) is 11.8 Å². The first-order valence-corrected chi connectivity index (χ1v) is 8.59. The van der Waals surface area contributed by atoms with Gasteiger partial charge in [0.15, 0.2) is 0 Å². The molecule has 5 nitrogen and oxygen atoms in total. The minimum atomic E-state index is 0.402. The highest BCUT2D eigenvalue weighted by atomic mass is 32.1. The number of rotatable bonds is 6. The Kier molecular flexibility index (Phi) is 4.87. The number of fused-ring (bicyclic) bond motifs is 1. The highest BCUT2D eigenvalue weighted by Gasteiger charge is 2.14. The van der Waals surface area contributed by atoms with Gasteiger partial charge in [-0.25, -0.2) is 4.98 Å². The molecule has 2 aromatic heterocycles. The van der Waals surface area contributed by atoms with E-state index in [1.54, 1.807) is 11.3 Å². The zero-order valence-corrected chi connectivity index (χ0v) is 13.2. The molecule has 3 rings (SSSR count). The molecule has 2 N–H and O–H groups in total. The summed E-state index contributed by atoms with van der Waals surface area (Å²) in [6.07, 6.45) is 5.11. The molecule has 0 radical (unpaired) electrons. The minimum Gasteiger partial charge on any atom is -0.378 e. The molecule has 1 unspecified atom stereocenters. The molecule has 0 aromatic carbocycles. The number of aromatic nitrogens is 2. The Hall–Kier alpha value is -1.40. The fraction of sp³-hybridized carbons (Fsp3) is 0.600. The summed E-state index contributed by atoms with van der Waals surface area (Å²) in [6, 6.07) is 2.08. The molecule has 1 aliphatic heterocycles. The Morgan fingerprint density at radius 2 is 2.29 bits per heavy atom. The quantitative estimate of drug-likeness (QED) is 0.855. The summed E-state index contributed by atoms with van der Waals surface area (Å²) in [5.74, 6) is 1.62. The van der Waals surface area contributed by atoms with Crippen molar-refractivity contribution >= 4 is 33.3 Å². The maximum absolute atomic E-state index is 5.77. The fourth-order valence-electron chi connectivity index (χ4n) is 2.61. The van der Waals surface area contributed by atoms with Gasteiger partial charge < -0.3 is 15.4 Å². The van der Waals surface area contributed by atoms with E-state index in [0.29, 0.717) is 12.1 Å². The highest BCUT2D eigenvalue weighted by Crippen LogP contribution is 2.26. The van der Waals surface area contributed by atoms with Gasteiger partial charge in [0.25, 0.3) is 0 Å². The Balaban J connectivity index is 1.65. The van der Waals surface area contributed by atoms with Crippen LogP contribution in [0.25, 0.3) is 10.2 Å². The zero-order valence-electron chi connectivity index (χ0n) is 12.4. The van der Waals surface area contributed by atoms with Gasteiger partial charge in [-0.2, -0.15) is 4.98 Å². The van der Waals surface area contributed by atoms with E-state index in [9.17, 15) is 0 Å². The van der Waals surface area contributed by atoms with E-state index in [1.807, 2.05) is 0 Å². The molecule has 0 aliphatic carbocycles. The number of hydrogen-bond donors (Lipinski definition) is 2. The average Bonchev–Trinajstić information content (AvgIpc) is 2.97. The predicted octanol–water partition coefficient (Wildman–Crippen LogP) is 3.49. The standard InChI is InChI=1S/C15H22N4OS/c1-2-16-15-18-13(12-7-10-21-14(12)19-15)17-8-6-11-5-3-4-9-20-11/h7,10-11H,2-6,8-9H2,1H3,(H2,16,17,18,19). The molecule has 3 heterocycles. The van der Waals surface area contributed by atoms with E-state index in [4.69, 9.17) is 4.74 Å². The minimum absolute atomic E-state index is 0.402. The number of nitrogens with zero attached hydrogens (tertiary/aromatic N) is 2. The number of hydrogen-bond acceptors (Lipinski definition) is 6. The summed E-state index contributed by atoms with van der Waals surface area (Å²) >= 11 is 1.65. The van der Waals surface area contributed by atoms with Crippen molar-refractivity contribution in [1.29, 1.82) is 0 Å². The molecule has 1 fully saturated rings. The topological polar surface area (TPSA) is 59.1 Å². The van der Waals surface area contributed by atoms with Gasteiger partial charge in [0.2, 0.25) is 5.95 Å². The lowest BCUT2D eigenvalue weighted by atomic mass is 10.1.